The van der Waals surface area contributed by atoms with Crippen LogP contribution in [0, 0.1) is 5.41 Å². The third kappa shape index (κ3) is 1.90. The van der Waals surface area contributed by atoms with Crippen molar-refractivity contribution in [1.29, 1.82) is 0 Å². The number of amides is 2. The molecule has 5 heteroatoms. The zero-order valence-electron chi connectivity index (χ0n) is 10.8. The van der Waals surface area contributed by atoms with E-state index in [0.717, 1.165) is 24.1 Å². The highest BCUT2D eigenvalue weighted by Gasteiger charge is 2.49. The van der Waals surface area contributed by atoms with Crippen molar-refractivity contribution in [3.05, 3.63) is 23.8 Å². The van der Waals surface area contributed by atoms with E-state index in [1.807, 2.05) is 12.1 Å². The molecule has 0 radical (unpaired) electrons. The summed E-state index contributed by atoms with van der Waals surface area (Å²) in [4.78, 5) is 25.2. The van der Waals surface area contributed by atoms with Crippen LogP contribution in [0.4, 0.5) is 11.4 Å². The van der Waals surface area contributed by atoms with Gasteiger partial charge in [-0.15, -0.1) is 0 Å². The minimum Gasteiger partial charge on any atom is -0.395 e. The normalized spacial score (nSPS) is 19.3. The number of aliphatic hydroxyl groups is 1. The van der Waals surface area contributed by atoms with Gasteiger partial charge in [-0.25, -0.2) is 0 Å². The second-order valence-corrected chi connectivity index (χ2v) is 5.37. The lowest BCUT2D eigenvalue weighted by Gasteiger charge is -2.14. The molecule has 2 amide bonds. The molecule has 100 valence electrons. The number of carbonyl (C=O) groups excluding carboxylic acids is 2. The molecular formula is C14H16N2O3. The monoisotopic (exact) mass is 260 g/mol. The minimum atomic E-state index is -0.578. The van der Waals surface area contributed by atoms with Crippen LogP contribution in [0.15, 0.2) is 18.2 Å². The van der Waals surface area contributed by atoms with Crippen LogP contribution in [0.25, 0.3) is 0 Å². The topological polar surface area (TPSA) is 69.6 Å². The van der Waals surface area contributed by atoms with Crippen LogP contribution >= 0.6 is 0 Å². The van der Waals surface area contributed by atoms with E-state index < -0.39 is 5.41 Å². The molecule has 19 heavy (non-hydrogen) atoms. The quantitative estimate of drug-likeness (QED) is 0.849. The number of rotatable bonds is 3. The summed E-state index contributed by atoms with van der Waals surface area (Å²) in [5.74, 6) is -0.0693. The summed E-state index contributed by atoms with van der Waals surface area (Å²) >= 11 is 0. The zero-order chi connectivity index (χ0) is 13.6. The Hall–Kier alpha value is -1.88. The van der Waals surface area contributed by atoms with Crippen molar-refractivity contribution in [2.75, 3.05) is 23.9 Å². The molecule has 1 fully saturated rings. The molecule has 1 aromatic rings. The first kappa shape index (κ1) is 12.2. The van der Waals surface area contributed by atoms with Crippen molar-refractivity contribution in [3.63, 3.8) is 0 Å². The summed E-state index contributed by atoms with van der Waals surface area (Å²) in [5.41, 5.74) is 1.93. The molecule has 1 heterocycles. The maximum Gasteiger partial charge on any atom is 0.232 e. The van der Waals surface area contributed by atoms with Crippen LogP contribution < -0.4 is 10.2 Å². The molecule has 0 atom stereocenters. The fourth-order valence-corrected chi connectivity index (χ4v) is 2.42. The highest BCUT2D eigenvalue weighted by atomic mass is 16.3. The number of nitrogens with one attached hydrogen (secondary N) is 1. The maximum atomic E-state index is 12.0. The molecule has 5 nitrogen and oxygen atoms in total. The molecule has 3 rings (SSSR count). The van der Waals surface area contributed by atoms with Gasteiger partial charge in [-0.1, -0.05) is 0 Å². The van der Waals surface area contributed by atoms with E-state index in [4.69, 9.17) is 0 Å². The second-order valence-electron chi connectivity index (χ2n) is 5.37. The van der Waals surface area contributed by atoms with Crippen LogP contribution in [0.5, 0.6) is 0 Å². The number of hydrogen-bond acceptors (Lipinski definition) is 3. The van der Waals surface area contributed by atoms with E-state index in [1.54, 1.807) is 18.0 Å². The molecule has 1 aliphatic carbocycles. The van der Waals surface area contributed by atoms with Gasteiger partial charge >= 0.3 is 0 Å². The SMILES string of the molecule is CN1C(=O)Cc2cc(NC(=O)C3(CO)CC3)ccc21. The summed E-state index contributed by atoms with van der Waals surface area (Å²) < 4.78 is 0. The summed E-state index contributed by atoms with van der Waals surface area (Å²) in [5, 5.41) is 12.0. The lowest BCUT2D eigenvalue weighted by atomic mass is 10.1. The Kier molecular flexibility index (Phi) is 2.60. The summed E-state index contributed by atoms with van der Waals surface area (Å²) in [6.45, 7) is -0.106. The van der Waals surface area contributed by atoms with E-state index in [2.05, 4.69) is 5.32 Å². The third-order valence-corrected chi connectivity index (χ3v) is 4.05. The molecule has 1 saturated carbocycles. The predicted octanol–water partition coefficient (Wildman–Crippen LogP) is 0.916. The van der Waals surface area contributed by atoms with Crippen LogP contribution in [-0.4, -0.2) is 30.6 Å². The van der Waals surface area contributed by atoms with E-state index >= 15 is 0 Å². The number of nitrogens with zero attached hydrogens (tertiary/aromatic N) is 1. The van der Waals surface area contributed by atoms with Gasteiger partial charge < -0.3 is 15.3 Å². The van der Waals surface area contributed by atoms with Gasteiger partial charge in [0, 0.05) is 18.4 Å². The average molecular weight is 260 g/mol. The third-order valence-electron chi connectivity index (χ3n) is 4.05. The van der Waals surface area contributed by atoms with Crippen LogP contribution in [0.3, 0.4) is 0 Å². The summed E-state index contributed by atoms with van der Waals surface area (Å²) in [6, 6.07) is 5.47. The van der Waals surface area contributed by atoms with Gasteiger partial charge in [0.15, 0.2) is 0 Å². The Balaban J connectivity index is 1.79. The van der Waals surface area contributed by atoms with E-state index in [0.29, 0.717) is 12.1 Å². The molecule has 0 spiro atoms. The summed E-state index contributed by atoms with van der Waals surface area (Å²) in [6.07, 6.45) is 1.85. The Bertz CT molecular complexity index is 564. The van der Waals surface area contributed by atoms with E-state index in [-0.39, 0.29) is 18.4 Å². The molecule has 0 saturated heterocycles. The number of benzene rings is 1. The number of anilines is 2. The highest BCUT2D eigenvalue weighted by molar-refractivity contribution is 6.02. The van der Waals surface area contributed by atoms with E-state index in [9.17, 15) is 14.7 Å². The number of carbonyl (C=O) groups is 2. The van der Waals surface area contributed by atoms with Gasteiger partial charge in [0.25, 0.3) is 0 Å². The van der Waals surface area contributed by atoms with Crippen molar-refractivity contribution in [1.82, 2.24) is 0 Å². The van der Waals surface area contributed by atoms with Crippen molar-refractivity contribution in [2.24, 2.45) is 5.41 Å². The van der Waals surface area contributed by atoms with Gasteiger partial charge in [-0.05, 0) is 36.6 Å². The van der Waals surface area contributed by atoms with Gasteiger partial charge in [-0.3, -0.25) is 9.59 Å². The zero-order valence-corrected chi connectivity index (χ0v) is 10.8. The van der Waals surface area contributed by atoms with Gasteiger partial charge in [0.05, 0.1) is 18.4 Å². The van der Waals surface area contributed by atoms with Crippen LogP contribution in [0.1, 0.15) is 18.4 Å². The fraction of sp³-hybridized carbons (Fsp3) is 0.429. The van der Waals surface area contributed by atoms with Crippen molar-refractivity contribution in [2.45, 2.75) is 19.3 Å². The Labute approximate surface area is 111 Å². The first-order chi connectivity index (χ1) is 9.05. The van der Waals surface area contributed by atoms with Crippen LogP contribution in [-0.2, 0) is 16.0 Å². The standard InChI is InChI=1S/C14H16N2O3/c1-16-11-3-2-10(6-9(11)7-12(16)18)15-13(19)14(8-17)4-5-14/h2-3,6,17H,4-5,7-8H2,1H3,(H,15,19). The minimum absolute atomic E-state index is 0.0625. The Morgan fingerprint density at radius 2 is 2.21 bits per heavy atom. The summed E-state index contributed by atoms with van der Waals surface area (Å²) in [7, 11) is 1.75. The van der Waals surface area contributed by atoms with Crippen molar-refractivity contribution in [3.8, 4) is 0 Å². The highest BCUT2D eigenvalue weighted by Crippen LogP contribution is 2.46. The lowest BCUT2D eigenvalue weighted by molar-refractivity contribution is -0.122. The molecule has 2 N–H and O–H groups in total. The molecule has 1 aliphatic heterocycles. The predicted molar refractivity (Wildman–Crippen MR) is 70.9 cm³/mol. The smallest absolute Gasteiger partial charge is 0.232 e. The second kappa shape index (κ2) is 4.06. The van der Waals surface area contributed by atoms with Crippen molar-refractivity contribution >= 4 is 23.2 Å². The molecular weight excluding hydrogens is 244 g/mol. The molecule has 0 unspecified atom stereocenters. The largest absolute Gasteiger partial charge is 0.395 e. The van der Waals surface area contributed by atoms with E-state index in [1.165, 1.54) is 0 Å². The number of aliphatic hydroxyl groups excluding tert-OH is 1. The molecule has 2 aliphatic rings. The number of likely N-dealkylation sites (N-methyl/N-ethyl adjacent to an activating group) is 1. The Morgan fingerprint density at radius 3 is 2.84 bits per heavy atom. The number of hydrogen-bond donors (Lipinski definition) is 2. The number of fused-ring (bicyclic) bond motifs is 1. The Morgan fingerprint density at radius 1 is 1.47 bits per heavy atom. The first-order valence-corrected chi connectivity index (χ1v) is 6.37. The molecule has 0 aromatic heterocycles. The lowest BCUT2D eigenvalue weighted by Crippen LogP contribution is -2.27. The van der Waals surface area contributed by atoms with Gasteiger partial charge in [-0.2, -0.15) is 0 Å². The molecule has 1 aromatic carbocycles. The first-order valence-electron chi connectivity index (χ1n) is 6.37. The fourth-order valence-electron chi connectivity index (χ4n) is 2.42. The maximum absolute atomic E-state index is 12.0. The van der Waals surface area contributed by atoms with Gasteiger partial charge in [0.2, 0.25) is 11.8 Å². The van der Waals surface area contributed by atoms with Crippen LogP contribution in [0.2, 0.25) is 0 Å². The average Bonchev–Trinajstić information content (AvgIpc) is 3.14. The molecule has 0 bridgehead atoms. The van der Waals surface area contributed by atoms with Crippen molar-refractivity contribution < 1.29 is 14.7 Å². The van der Waals surface area contributed by atoms with Gasteiger partial charge in [0.1, 0.15) is 0 Å².